The predicted octanol–water partition coefficient (Wildman–Crippen LogP) is 2.57. The SMILES string of the molecule is CC(C)(Oc1ccc(S(C)(=O)=O)cc1)C(O)(Cn1cncn1)c1ccc(F)cc1. The molecule has 1 unspecified atom stereocenters. The van der Waals surface area contributed by atoms with Gasteiger partial charge in [0.05, 0.1) is 11.4 Å². The van der Waals surface area contributed by atoms with E-state index in [9.17, 15) is 17.9 Å². The Bertz CT molecular complexity index is 1070. The number of rotatable bonds is 7. The molecule has 0 fully saturated rings. The Morgan fingerprint density at radius 3 is 2.24 bits per heavy atom. The second-order valence-electron chi connectivity index (χ2n) is 7.32. The second kappa shape index (κ2) is 7.57. The van der Waals surface area contributed by atoms with E-state index in [1.807, 2.05) is 0 Å². The first kappa shape index (κ1) is 20.9. The highest BCUT2D eigenvalue weighted by atomic mass is 32.2. The summed E-state index contributed by atoms with van der Waals surface area (Å²) in [6, 6.07) is 11.4. The largest absolute Gasteiger partial charge is 0.484 e. The van der Waals surface area contributed by atoms with Crippen LogP contribution in [-0.4, -0.2) is 40.1 Å². The van der Waals surface area contributed by atoms with Crippen molar-refractivity contribution < 1.29 is 22.7 Å². The van der Waals surface area contributed by atoms with Gasteiger partial charge in [0.2, 0.25) is 0 Å². The fourth-order valence-corrected chi connectivity index (χ4v) is 3.67. The molecule has 0 saturated carbocycles. The van der Waals surface area contributed by atoms with Crippen molar-refractivity contribution >= 4 is 9.84 Å². The molecule has 1 atom stereocenters. The smallest absolute Gasteiger partial charge is 0.175 e. The Morgan fingerprint density at radius 1 is 1.10 bits per heavy atom. The van der Waals surface area contributed by atoms with Crippen LogP contribution in [0.4, 0.5) is 4.39 Å². The van der Waals surface area contributed by atoms with Crippen LogP contribution in [0.2, 0.25) is 0 Å². The molecule has 9 heteroatoms. The second-order valence-corrected chi connectivity index (χ2v) is 9.33. The first-order valence-corrected chi connectivity index (χ1v) is 10.7. The lowest BCUT2D eigenvalue weighted by molar-refractivity contribution is -0.133. The molecule has 3 aromatic rings. The van der Waals surface area contributed by atoms with Crippen molar-refractivity contribution in [2.24, 2.45) is 0 Å². The fourth-order valence-electron chi connectivity index (χ4n) is 3.04. The minimum absolute atomic E-state index is 0.00700. The standard InChI is InChI=1S/C20H22FN3O4S/c1-19(2,28-17-8-10-18(11-9-17)29(3,26)27)20(25,12-24-14-22-13-23-24)15-4-6-16(21)7-5-15/h4-11,13-14,25H,12H2,1-3H3. The van der Waals surface area contributed by atoms with Gasteiger partial charge in [-0.05, 0) is 55.8 Å². The van der Waals surface area contributed by atoms with Crippen LogP contribution in [0.5, 0.6) is 5.75 Å². The molecular formula is C20H22FN3O4S. The molecule has 1 N–H and O–H groups in total. The van der Waals surface area contributed by atoms with Crippen LogP contribution in [0.25, 0.3) is 0 Å². The molecule has 2 aromatic carbocycles. The van der Waals surface area contributed by atoms with Gasteiger partial charge < -0.3 is 9.84 Å². The van der Waals surface area contributed by atoms with Gasteiger partial charge in [0.1, 0.15) is 35.4 Å². The topological polar surface area (TPSA) is 94.3 Å². The van der Waals surface area contributed by atoms with Gasteiger partial charge in [-0.15, -0.1) is 0 Å². The number of aromatic nitrogens is 3. The van der Waals surface area contributed by atoms with Crippen molar-refractivity contribution in [2.75, 3.05) is 6.26 Å². The van der Waals surface area contributed by atoms with Crippen LogP contribution in [0.15, 0.2) is 66.1 Å². The van der Waals surface area contributed by atoms with Gasteiger partial charge in [-0.25, -0.2) is 22.5 Å². The van der Waals surface area contributed by atoms with Crippen LogP contribution in [0.1, 0.15) is 19.4 Å². The molecule has 0 saturated heterocycles. The maximum Gasteiger partial charge on any atom is 0.175 e. The van der Waals surface area contributed by atoms with Crippen molar-refractivity contribution in [3.8, 4) is 5.75 Å². The molecule has 0 spiro atoms. The molecular weight excluding hydrogens is 397 g/mol. The van der Waals surface area contributed by atoms with E-state index in [1.165, 1.54) is 65.9 Å². The number of hydrogen-bond acceptors (Lipinski definition) is 6. The van der Waals surface area contributed by atoms with E-state index in [0.29, 0.717) is 11.3 Å². The van der Waals surface area contributed by atoms with Crippen LogP contribution in [0, 0.1) is 5.82 Å². The van der Waals surface area contributed by atoms with E-state index in [4.69, 9.17) is 4.74 Å². The van der Waals surface area contributed by atoms with Crippen molar-refractivity contribution in [2.45, 2.75) is 36.5 Å². The summed E-state index contributed by atoms with van der Waals surface area (Å²) in [6.07, 6.45) is 3.94. The van der Waals surface area contributed by atoms with Crippen molar-refractivity contribution in [1.29, 1.82) is 0 Å². The highest BCUT2D eigenvalue weighted by Crippen LogP contribution is 2.38. The lowest BCUT2D eigenvalue weighted by Crippen LogP contribution is -2.54. The molecule has 0 radical (unpaired) electrons. The summed E-state index contributed by atoms with van der Waals surface area (Å²) in [6.45, 7) is 3.39. The van der Waals surface area contributed by atoms with Gasteiger partial charge in [0.25, 0.3) is 0 Å². The van der Waals surface area contributed by atoms with E-state index in [-0.39, 0.29) is 11.4 Å². The van der Waals surface area contributed by atoms with Gasteiger partial charge in [0, 0.05) is 6.26 Å². The third-order valence-electron chi connectivity index (χ3n) is 4.80. The van der Waals surface area contributed by atoms with Gasteiger partial charge >= 0.3 is 0 Å². The summed E-state index contributed by atoms with van der Waals surface area (Å²) >= 11 is 0. The Hall–Kier alpha value is -2.78. The number of halogens is 1. The number of hydrogen-bond donors (Lipinski definition) is 1. The molecule has 7 nitrogen and oxygen atoms in total. The predicted molar refractivity (Wildman–Crippen MR) is 105 cm³/mol. The zero-order valence-corrected chi connectivity index (χ0v) is 17.1. The number of sulfone groups is 1. The number of aliphatic hydroxyl groups is 1. The lowest BCUT2D eigenvalue weighted by atomic mass is 9.79. The molecule has 29 heavy (non-hydrogen) atoms. The fraction of sp³-hybridized carbons (Fsp3) is 0.300. The first-order chi connectivity index (χ1) is 13.5. The van der Waals surface area contributed by atoms with Crippen molar-refractivity contribution in [1.82, 2.24) is 14.8 Å². The van der Waals surface area contributed by atoms with E-state index in [1.54, 1.807) is 13.8 Å². The molecule has 0 aliphatic heterocycles. The van der Waals surface area contributed by atoms with E-state index in [2.05, 4.69) is 10.1 Å². The molecule has 3 rings (SSSR count). The molecule has 154 valence electrons. The lowest BCUT2D eigenvalue weighted by Gasteiger charge is -2.42. The van der Waals surface area contributed by atoms with Gasteiger partial charge in [-0.2, -0.15) is 5.10 Å². The van der Waals surface area contributed by atoms with Gasteiger partial charge in [0.15, 0.2) is 9.84 Å². The molecule has 1 heterocycles. The molecule has 0 aliphatic carbocycles. The van der Waals surface area contributed by atoms with E-state index >= 15 is 0 Å². The zero-order chi connectivity index (χ0) is 21.3. The summed E-state index contributed by atoms with van der Waals surface area (Å²) in [4.78, 5) is 4.06. The van der Waals surface area contributed by atoms with Crippen LogP contribution >= 0.6 is 0 Å². The quantitative estimate of drug-likeness (QED) is 0.633. The summed E-state index contributed by atoms with van der Waals surface area (Å²) in [5.41, 5.74) is -2.38. The summed E-state index contributed by atoms with van der Waals surface area (Å²) < 4.78 is 44.3. The third-order valence-corrected chi connectivity index (χ3v) is 5.93. The first-order valence-electron chi connectivity index (χ1n) is 8.81. The Balaban J connectivity index is 1.98. The van der Waals surface area contributed by atoms with Gasteiger partial charge in [-0.3, -0.25) is 0 Å². The Kier molecular flexibility index (Phi) is 5.46. The minimum Gasteiger partial charge on any atom is -0.484 e. The highest BCUT2D eigenvalue weighted by Gasteiger charge is 2.48. The average Bonchev–Trinajstić information content (AvgIpc) is 3.14. The van der Waals surface area contributed by atoms with Crippen molar-refractivity contribution in [3.63, 3.8) is 0 Å². The number of nitrogens with zero attached hydrogens (tertiary/aromatic N) is 3. The molecule has 0 bridgehead atoms. The van der Waals surface area contributed by atoms with E-state index in [0.717, 1.165) is 6.26 Å². The summed E-state index contributed by atoms with van der Waals surface area (Å²) in [5.74, 6) is -0.0477. The maximum atomic E-state index is 13.4. The third kappa shape index (κ3) is 4.46. The minimum atomic E-state index is -3.33. The Labute approximate surface area is 168 Å². The highest BCUT2D eigenvalue weighted by molar-refractivity contribution is 7.90. The molecule has 0 aliphatic rings. The van der Waals surface area contributed by atoms with Crippen molar-refractivity contribution in [3.05, 3.63) is 72.6 Å². The van der Waals surface area contributed by atoms with Crippen LogP contribution < -0.4 is 4.74 Å². The van der Waals surface area contributed by atoms with Crippen LogP contribution in [-0.2, 0) is 22.0 Å². The molecule has 0 amide bonds. The number of benzene rings is 2. The normalized spacial score (nSPS) is 14.4. The average molecular weight is 419 g/mol. The zero-order valence-electron chi connectivity index (χ0n) is 16.3. The molecule has 1 aromatic heterocycles. The van der Waals surface area contributed by atoms with Gasteiger partial charge in [-0.1, -0.05) is 12.1 Å². The maximum absolute atomic E-state index is 13.4. The van der Waals surface area contributed by atoms with E-state index < -0.39 is 26.9 Å². The van der Waals surface area contributed by atoms with Crippen LogP contribution in [0.3, 0.4) is 0 Å². The summed E-state index contributed by atoms with van der Waals surface area (Å²) in [5, 5.41) is 15.7. The summed E-state index contributed by atoms with van der Waals surface area (Å²) in [7, 11) is -3.33. The number of ether oxygens (including phenoxy) is 1. The Morgan fingerprint density at radius 2 is 1.72 bits per heavy atom. The monoisotopic (exact) mass is 419 g/mol.